The molecule has 2 amide bonds. The van der Waals surface area contributed by atoms with Crippen molar-refractivity contribution in [3.63, 3.8) is 0 Å². The van der Waals surface area contributed by atoms with E-state index in [0.717, 1.165) is 0 Å². The average Bonchev–Trinajstić information content (AvgIpc) is 2.27. The van der Waals surface area contributed by atoms with Gasteiger partial charge in [0.1, 0.15) is 0 Å². The predicted octanol–water partition coefficient (Wildman–Crippen LogP) is 0.710. The number of anilines is 1. The first-order chi connectivity index (χ1) is 7.65. The fourth-order valence-electron chi connectivity index (χ4n) is 1.23. The summed E-state index contributed by atoms with van der Waals surface area (Å²) in [4.78, 5) is 12.8. The van der Waals surface area contributed by atoms with Crippen LogP contribution in [-0.4, -0.2) is 35.1 Å². The topological polar surface area (TPSA) is 72.8 Å². The molecular formula is C10H13ClN2O3. The summed E-state index contributed by atoms with van der Waals surface area (Å²) in [6.45, 7) is -0.216. The zero-order chi connectivity index (χ0) is 12.0. The second-order valence-electron chi connectivity index (χ2n) is 3.04. The Balaban J connectivity index is 2.83. The van der Waals surface area contributed by atoms with Crippen molar-refractivity contribution >= 4 is 23.3 Å². The Kier molecular flexibility index (Phi) is 5.04. The fraction of sp³-hybridized carbons (Fsp3) is 0.300. The van der Waals surface area contributed by atoms with Gasteiger partial charge in [0.2, 0.25) is 0 Å². The van der Waals surface area contributed by atoms with E-state index < -0.39 is 12.3 Å². The Hall–Kier alpha value is -1.30. The van der Waals surface area contributed by atoms with Gasteiger partial charge in [-0.05, 0) is 12.1 Å². The Morgan fingerprint density at radius 2 is 2.00 bits per heavy atom. The molecule has 0 atom stereocenters. The van der Waals surface area contributed by atoms with Gasteiger partial charge in [-0.15, -0.1) is 11.6 Å². The maximum absolute atomic E-state index is 11.6. The van der Waals surface area contributed by atoms with Crippen molar-refractivity contribution in [2.45, 2.75) is 6.29 Å². The van der Waals surface area contributed by atoms with E-state index >= 15 is 0 Å². The highest BCUT2D eigenvalue weighted by atomic mass is 35.5. The van der Waals surface area contributed by atoms with Crippen LogP contribution in [0.5, 0.6) is 0 Å². The molecule has 0 aliphatic carbocycles. The van der Waals surface area contributed by atoms with Crippen molar-refractivity contribution in [2.75, 3.05) is 17.4 Å². The highest BCUT2D eigenvalue weighted by Gasteiger charge is 2.17. The summed E-state index contributed by atoms with van der Waals surface area (Å²) in [6.07, 6.45) is -1.60. The number of aliphatic hydroxyl groups excluding tert-OH is 1. The first-order valence-corrected chi connectivity index (χ1v) is 5.21. The molecule has 1 rings (SSSR count). The molecule has 1 aromatic rings. The number of halogens is 1. The normalized spacial score (nSPS) is 10.2. The van der Waals surface area contributed by atoms with Crippen LogP contribution >= 0.6 is 11.6 Å². The number of urea groups is 1. The van der Waals surface area contributed by atoms with E-state index in [1.807, 2.05) is 0 Å². The van der Waals surface area contributed by atoms with E-state index in [0.29, 0.717) is 5.69 Å². The van der Waals surface area contributed by atoms with E-state index in [9.17, 15) is 4.79 Å². The molecule has 0 spiro atoms. The number of hydrogen-bond donors (Lipinski definition) is 3. The number of aliphatic hydroxyl groups is 2. The summed E-state index contributed by atoms with van der Waals surface area (Å²) < 4.78 is 0. The second kappa shape index (κ2) is 6.32. The zero-order valence-corrected chi connectivity index (χ0v) is 9.26. The van der Waals surface area contributed by atoms with Crippen LogP contribution in [0.15, 0.2) is 30.3 Å². The van der Waals surface area contributed by atoms with Gasteiger partial charge in [0.15, 0.2) is 6.29 Å². The molecule has 0 saturated carbocycles. The van der Waals surface area contributed by atoms with Crippen molar-refractivity contribution in [2.24, 2.45) is 0 Å². The number of para-hydroxylation sites is 1. The van der Waals surface area contributed by atoms with E-state index in [1.165, 1.54) is 4.90 Å². The summed E-state index contributed by atoms with van der Waals surface area (Å²) in [7, 11) is 0. The van der Waals surface area contributed by atoms with Gasteiger partial charge in [-0.1, -0.05) is 18.2 Å². The van der Waals surface area contributed by atoms with Crippen molar-refractivity contribution in [1.82, 2.24) is 5.32 Å². The van der Waals surface area contributed by atoms with Gasteiger partial charge in [-0.3, -0.25) is 4.90 Å². The molecule has 0 aromatic heterocycles. The highest BCUT2D eigenvalue weighted by molar-refractivity contribution is 6.18. The second-order valence-corrected chi connectivity index (χ2v) is 3.31. The number of carbonyl (C=O) groups excluding carboxylic acids is 1. The molecule has 5 nitrogen and oxygen atoms in total. The number of amides is 2. The minimum atomic E-state index is -1.60. The predicted molar refractivity (Wildman–Crippen MR) is 61.3 cm³/mol. The Morgan fingerprint density at radius 3 is 2.50 bits per heavy atom. The first-order valence-electron chi connectivity index (χ1n) is 4.67. The monoisotopic (exact) mass is 244 g/mol. The minimum Gasteiger partial charge on any atom is -0.367 e. The van der Waals surface area contributed by atoms with Crippen LogP contribution in [0.1, 0.15) is 0 Å². The quantitative estimate of drug-likeness (QED) is 0.415. The molecule has 6 heteroatoms. The van der Waals surface area contributed by atoms with Crippen LogP contribution in [0.25, 0.3) is 0 Å². The standard InChI is InChI=1S/C10H13ClN2O3/c11-7-12-10(16)13(6-9(14)15)8-4-2-1-3-5-8/h1-5,9,14-15H,6-7H2,(H,12,16). The number of hydrogen-bond acceptors (Lipinski definition) is 3. The molecule has 0 bridgehead atoms. The number of carbonyl (C=O) groups is 1. The lowest BCUT2D eigenvalue weighted by Crippen LogP contribution is -2.43. The van der Waals surface area contributed by atoms with E-state index in [2.05, 4.69) is 5.32 Å². The fourth-order valence-corrected chi connectivity index (χ4v) is 1.34. The third kappa shape index (κ3) is 3.69. The number of rotatable bonds is 4. The van der Waals surface area contributed by atoms with E-state index in [1.54, 1.807) is 30.3 Å². The Bertz CT molecular complexity index is 332. The van der Waals surface area contributed by atoms with Crippen molar-refractivity contribution in [3.05, 3.63) is 30.3 Å². The number of benzene rings is 1. The van der Waals surface area contributed by atoms with Crippen LogP contribution in [0.3, 0.4) is 0 Å². The third-order valence-corrected chi connectivity index (χ3v) is 2.01. The van der Waals surface area contributed by atoms with Gasteiger partial charge in [0.05, 0.1) is 12.5 Å². The molecule has 3 N–H and O–H groups in total. The van der Waals surface area contributed by atoms with Crippen molar-refractivity contribution < 1.29 is 15.0 Å². The third-order valence-electron chi connectivity index (χ3n) is 1.88. The lowest BCUT2D eigenvalue weighted by Gasteiger charge is -2.23. The molecule has 0 aliphatic heterocycles. The Labute approximate surface area is 98.3 Å². The zero-order valence-electron chi connectivity index (χ0n) is 8.51. The SMILES string of the molecule is O=C(NCCl)N(CC(O)O)c1ccccc1. The highest BCUT2D eigenvalue weighted by Crippen LogP contribution is 2.13. The van der Waals surface area contributed by atoms with Gasteiger partial charge in [0.25, 0.3) is 0 Å². The average molecular weight is 245 g/mol. The number of nitrogens with zero attached hydrogens (tertiary/aromatic N) is 1. The summed E-state index contributed by atoms with van der Waals surface area (Å²) >= 11 is 5.38. The van der Waals surface area contributed by atoms with Crippen molar-refractivity contribution in [3.8, 4) is 0 Å². The molecule has 88 valence electrons. The molecule has 0 saturated heterocycles. The van der Waals surface area contributed by atoms with Gasteiger partial charge < -0.3 is 15.5 Å². The summed E-state index contributed by atoms with van der Waals surface area (Å²) in [5.41, 5.74) is 0.568. The summed E-state index contributed by atoms with van der Waals surface area (Å²) in [5, 5.41) is 20.2. The summed E-state index contributed by atoms with van der Waals surface area (Å²) in [6, 6.07) is 8.17. The largest absolute Gasteiger partial charge is 0.367 e. The first kappa shape index (κ1) is 12.8. The van der Waals surface area contributed by atoms with Gasteiger partial charge in [0, 0.05) is 5.69 Å². The smallest absolute Gasteiger partial charge is 0.322 e. The minimum absolute atomic E-state index is 0.0380. The molecule has 1 aromatic carbocycles. The van der Waals surface area contributed by atoms with E-state index in [4.69, 9.17) is 21.8 Å². The van der Waals surface area contributed by atoms with Crippen LogP contribution in [0.4, 0.5) is 10.5 Å². The summed E-state index contributed by atoms with van der Waals surface area (Å²) in [5.74, 6) is 0. The van der Waals surface area contributed by atoms with Crippen LogP contribution < -0.4 is 10.2 Å². The molecule has 0 radical (unpaired) electrons. The molecule has 0 fully saturated rings. The maximum Gasteiger partial charge on any atom is 0.322 e. The van der Waals surface area contributed by atoms with Crippen LogP contribution in [0, 0.1) is 0 Å². The van der Waals surface area contributed by atoms with Crippen LogP contribution in [-0.2, 0) is 0 Å². The lowest BCUT2D eigenvalue weighted by molar-refractivity contribution is -0.0310. The maximum atomic E-state index is 11.6. The Morgan fingerprint density at radius 1 is 1.38 bits per heavy atom. The molecule has 0 heterocycles. The molecule has 16 heavy (non-hydrogen) atoms. The van der Waals surface area contributed by atoms with Gasteiger partial charge in [-0.25, -0.2) is 4.79 Å². The van der Waals surface area contributed by atoms with Crippen molar-refractivity contribution in [1.29, 1.82) is 0 Å². The molecule has 0 aliphatic rings. The molecule has 0 unspecified atom stereocenters. The van der Waals surface area contributed by atoms with Crippen LogP contribution in [0.2, 0.25) is 0 Å². The van der Waals surface area contributed by atoms with Gasteiger partial charge >= 0.3 is 6.03 Å². The van der Waals surface area contributed by atoms with Gasteiger partial charge in [-0.2, -0.15) is 0 Å². The molecular weight excluding hydrogens is 232 g/mol. The lowest BCUT2D eigenvalue weighted by atomic mass is 10.3. The number of alkyl halides is 1. The van der Waals surface area contributed by atoms with E-state index in [-0.39, 0.29) is 12.5 Å². The number of nitrogens with one attached hydrogen (secondary N) is 1.